The van der Waals surface area contributed by atoms with Crippen LogP contribution in [0.5, 0.6) is 0 Å². The minimum absolute atomic E-state index is 0.00855. The van der Waals surface area contributed by atoms with Gasteiger partial charge in [-0.2, -0.15) is 0 Å². The zero-order valence-electron chi connectivity index (χ0n) is 11.4. The van der Waals surface area contributed by atoms with Crippen molar-refractivity contribution < 1.29 is 9.59 Å². The van der Waals surface area contributed by atoms with Crippen molar-refractivity contribution in [2.75, 3.05) is 25.0 Å². The lowest BCUT2D eigenvalue weighted by atomic mass is 9.97. The van der Waals surface area contributed by atoms with Gasteiger partial charge in [0.05, 0.1) is 6.42 Å². The summed E-state index contributed by atoms with van der Waals surface area (Å²) in [6.45, 7) is 2.17. The third-order valence-electron chi connectivity index (χ3n) is 4.12. The maximum Gasteiger partial charge on any atom is 0.253 e. The molecule has 3 N–H and O–H groups in total. The quantitative estimate of drug-likeness (QED) is 0.844. The first kappa shape index (κ1) is 13.1. The van der Waals surface area contributed by atoms with Gasteiger partial charge in [0.25, 0.3) is 5.91 Å². The summed E-state index contributed by atoms with van der Waals surface area (Å²) in [7, 11) is 0. The zero-order valence-corrected chi connectivity index (χ0v) is 11.4. The van der Waals surface area contributed by atoms with Gasteiger partial charge in [-0.25, -0.2) is 0 Å². The SMILES string of the molecule is NCC1CCCN(C(=O)c2ccc3c(c2)CC(=O)N3)C1. The highest BCUT2D eigenvalue weighted by molar-refractivity contribution is 6.01. The summed E-state index contributed by atoms with van der Waals surface area (Å²) < 4.78 is 0. The van der Waals surface area contributed by atoms with E-state index in [1.165, 1.54) is 0 Å². The van der Waals surface area contributed by atoms with Gasteiger partial charge in [-0.1, -0.05) is 0 Å². The number of piperidine rings is 1. The van der Waals surface area contributed by atoms with Crippen LogP contribution in [0.15, 0.2) is 18.2 Å². The number of likely N-dealkylation sites (tertiary alicyclic amines) is 1. The van der Waals surface area contributed by atoms with Gasteiger partial charge >= 0.3 is 0 Å². The van der Waals surface area contributed by atoms with E-state index in [4.69, 9.17) is 5.73 Å². The maximum atomic E-state index is 12.5. The second kappa shape index (κ2) is 5.25. The number of amides is 2. The Morgan fingerprint density at radius 3 is 3.10 bits per heavy atom. The van der Waals surface area contributed by atoms with E-state index in [2.05, 4.69) is 5.32 Å². The van der Waals surface area contributed by atoms with Crippen molar-refractivity contribution in [1.29, 1.82) is 0 Å². The molecule has 0 spiro atoms. The lowest BCUT2D eigenvalue weighted by molar-refractivity contribution is -0.115. The van der Waals surface area contributed by atoms with Crippen LogP contribution in [-0.4, -0.2) is 36.3 Å². The smallest absolute Gasteiger partial charge is 0.253 e. The molecule has 20 heavy (non-hydrogen) atoms. The summed E-state index contributed by atoms with van der Waals surface area (Å²) in [5, 5.41) is 2.78. The molecule has 2 amide bonds. The van der Waals surface area contributed by atoms with Crippen molar-refractivity contribution >= 4 is 17.5 Å². The molecule has 3 rings (SSSR count). The molecule has 2 aliphatic rings. The minimum atomic E-state index is -0.00855. The molecular weight excluding hydrogens is 254 g/mol. The van der Waals surface area contributed by atoms with E-state index in [0.717, 1.165) is 37.2 Å². The van der Waals surface area contributed by atoms with Gasteiger partial charge in [-0.15, -0.1) is 0 Å². The number of fused-ring (bicyclic) bond motifs is 1. The minimum Gasteiger partial charge on any atom is -0.338 e. The fourth-order valence-corrected chi connectivity index (χ4v) is 2.99. The molecule has 1 saturated heterocycles. The summed E-state index contributed by atoms with van der Waals surface area (Å²) >= 11 is 0. The molecule has 1 unspecified atom stereocenters. The Hall–Kier alpha value is -1.88. The van der Waals surface area contributed by atoms with E-state index in [9.17, 15) is 9.59 Å². The average Bonchev–Trinajstić information content (AvgIpc) is 2.85. The monoisotopic (exact) mass is 273 g/mol. The van der Waals surface area contributed by atoms with Gasteiger partial charge in [0.1, 0.15) is 0 Å². The lowest BCUT2D eigenvalue weighted by Crippen LogP contribution is -2.42. The summed E-state index contributed by atoms with van der Waals surface area (Å²) in [5.41, 5.74) is 8.11. The van der Waals surface area contributed by atoms with E-state index in [1.807, 2.05) is 17.0 Å². The van der Waals surface area contributed by atoms with Crippen molar-refractivity contribution in [3.8, 4) is 0 Å². The fourth-order valence-electron chi connectivity index (χ4n) is 2.99. The first-order valence-electron chi connectivity index (χ1n) is 7.09. The molecule has 0 saturated carbocycles. The predicted octanol–water partition coefficient (Wildman–Crippen LogP) is 0.992. The molecule has 0 radical (unpaired) electrons. The van der Waals surface area contributed by atoms with Crippen LogP contribution in [0.25, 0.3) is 0 Å². The zero-order chi connectivity index (χ0) is 14.1. The van der Waals surface area contributed by atoms with Crippen LogP contribution in [-0.2, 0) is 11.2 Å². The number of nitrogens with zero attached hydrogens (tertiary/aromatic N) is 1. The molecule has 2 heterocycles. The van der Waals surface area contributed by atoms with Crippen molar-refractivity contribution in [1.82, 2.24) is 4.90 Å². The fraction of sp³-hybridized carbons (Fsp3) is 0.467. The molecule has 1 aromatic rings. The molecule has 2 aliphatic heterocycles. The maximum absolute atomic E-state index is 12.5. The molecule has 0 aromatic heterocycles. The Morgan fingerprint density at radius 2 is 2.30 bits per heavy atom. The normalized spacial score (nSPS) is 21.6. The number of nitrogens with one attached hydrogen (secondary N) is 1. The first-order chi connectivity index (χ1) is 9.67. The molecule has 0 aliphatic carbocycles. The average molecular weight is 273 g/mol. The second-order valence-electron chi connectivity index (χ2n) is 5.59. The standard InChI is InChI=1S/C15H19N3O2/c16-8-10-2-1-5-18(9-10)15(20)11-3-4-13-12(6-11)7-14(19)17-13/h3-4,6,10H,1-2,5,7-9,16H2,(H,17,19). The molecule has 5 nitrogen and oxygen atoms in total. The number of hydrogen-bond acceptors (Lipinski definition) is 3. The third kappa shape index (κ3) is 2.41. The highest BCUT2D eigenvalue weighted by Gasteiger charge is 2.25. The molecule has 106 valence electrons. The van der Waals surface area contributed by atoms with Crippen molar-refractivity contribution in [3.05, 3.63) is 29.3 Å². The highest BCUT2D eigenvalue weighted by Crippen LogP contribution is 2.25. The number of anilines is 1. The Balaban J connectivity index is 1.77. The van der Waals surface area contributed by atoms with Gasteiger partial charge in [0.2, 0.25) is 5.91 Å². The second-order valence-corrected chi connectivity index (χ2v) is 5.59. The Kier molecular flexibility index (Phi) is 3.44. The largest absolute Gasteiger partial charge is 0.338 e. The van der Waals surface area contributed by atoms with Crippen molar-refractivity contribution in [2.24, 2.45) is 11.7 Å². The van der Waals surface area contributed by atoms with E-state index in [-0.39, 0.29) is 11.8 Å². The summed E-state index contributed by atoms with van der Waals surface area (Å²) in [5.74, 6) is 0.446. The number of hydrogen-bond donors (Lipinski definition) is 2. The van der Waals surface area contributed by atoms with E-state index < -0.39 is 0 Å². The van der Waals surface area contributed by atoms with Gasteiger partial charge in [0, 0.05) is 24.3 Å². The third-order valence-corrected chi connectivity index (χ3v) is 4.12. The number of benzene rings is 1. The van der Waals surface area contributed by atoms with E-state index in [1.54, 1.807) is 6.07 Å². The van der Waals surface area contributed by atoms with Crippen LogP contribution < -0.4 is 11.1 Å². The number of rotatable bonds is 2. The molecule has 1 aromatic carbocycles. The Labute approximate surface area is 118 Å². The lowest BCUT2D eigenvalue weighted by Gasteiger charge is -2.32. The predicted molar refractivity (Wildman–Crippen MR) is 76.5 cm³/mol. The van der Waals surface area contributed by atoms with Crippen LogP contribution in [0.3, 0.4) is 0 Å². The number of carbonyl (C=O) groups excluding carboxylic acids is 2. The van der Waals surface area contributed by atoms with E-state index in [0.29, 0.717) is 24.4 Å². The van der Waals surface area contributed by atoms with Crippen molar-refractivity contribution in [3.63, 3.8) is 0 Å². The Morgan fingerprint density at radius 1 is 1.45 bits per heavy atom. The molecule has 0 bridgehead atoms. The van der Waals surface area contributed by atoms with Crippen molar-refractivity contribution in [2.45, 2.75) is 19.3 Å². The van der Waals surface area contributed by atoms with Gasteiger partial charge < -0.3 is 16.0 Å². The molecule has 5 heteroatoms. The van der Waals surface area contributed by atoms with Crippen LogP contribution in [0, 0.1) is 5.92 Å². The van der Waals surface area contributed by atoms with Crippen LogP contribution in [0.2, 0.25) is 0 Å². The molecule has 1 fully saturated rings. The van der Waals surface area contributed by atoms with Gasteiger partial charge in [0.15, 0.2) is 0 Å². The summed E-state index contributed by atoms with van der Waals surface area (Å²) in [6.07, 6.45) is 2.48. The topological polar surface area (TPSA) is 75.4 Å². The number of carbonyl (C=O) groups is 2. The van der Waals surface area contributed by atoms with E-state index >= 15 is 0 Å². The first-order valence-corrected chi connectivity index (χ1v) is 7.09. The van der Waals surface area contributed by atoms with Gasteiger partial charge in [-0.3, -0.25) is 9.59 Å². The van der Waals surface area contributed by atoms with Gasteiger partial charge in [-0.05, 0) is 49.1 Å². The Bertz CT molecular complexity index is 556. The highest BCUT2D eigenvalue weighted by atomic mass is 16.2. The van der Waals surface area contributed by atoms with Crippen LogP contribution >= 0.6 is 0 Å². The van der Waals surface area contributed by atoms with Crippen LogP contribution in [0.4, 0.5) is 5.69 Å². The molecule has 1 atom stereocenters. The summed E-state index contributed by atoms with van der Waals surface area (Å²) in [4.78, 5) is 25.7. The number of nitrogens with two attached hydrogens (primary N) is 1. The van der Waals surface area contributed by atoms with Crippen LogP contribution in [0.1, 0.15) is 28.8 Å². The molecular formula is C15H19N3O2. The summed E-state index contributed by atoms with van der Waals surface area (Å²) in [6, 6.07) is 5.44.